The van der Waals surface area contributed by atoms with E-state index >= 15 is 0 Å². The molecule has 0 saturated heterocycles. The molecule has 4 heteroatoms. The second-order valence-corrected chi connectivity index (χ2v) is 7.19. The van der Waals surface area contributed by atoms with Crippen molar-refractivity contribution in [3.05, 3.63) is 98.8 Å². The van der Waals surface area contributed by atoms with Crippen LogP contribution in [-0.2, 0) is 32.0 Å². The molecule has 0 amide bonds. The minimum absolute atomic E-state index is 0. The van der Waals surface area contributed by atoms with E-state index in [0.29, 0.717) is 0 Å². The summed E-state index contributed by atoms with van der Waals surface area (Å²) in [5.74, 6) is 0. The molecule has 4 rings (SSSR count). The van der Waals surface area contributed by atoms with Crippen molar-refractivity contribution in [1.82, 2.24) is 0 Å². The van der Waals surface area contributed by atoms with Gasteiger partial charge in [-0.05, 0) is 12.8 Å². The van der Waals surface area contributed by atoms with E-state index < -0.39 is 0 Å². The van der Waals surface area contributed by atoms with Crippen LogP contribution in [0.15, 0.2) is 72.8 Å². The Labute approximate surface area is 223 Å². The van der Waals surface area contributed by atoms with E-state index in [9.17, 15) is 0 Å². The van der Waals surface area contributed by atoms with Crippen LogP contribution in [0.1, 0.15) is 50.7 Å². The predicted octanol–water partition coefficient (Wildman–Crippen LogP) is 9.16. The maximum atomic E-state index is 2.97. The Balaban J connectivity index is -0.000000437. The summed E-state index contributed by atoms with van der Waals surface area (Å²) in [7, 11) is 2.97. The molecule has 0 aromatic heterocycles. The number of benzene rings is 2. The molecule has 0 bridgehead atoms. The molecule has 0 aliphatic heterocycles. The quantitative estimate of drug-likeness (QED) is 0.175. The zero-order valence-electron chi connectivity index (χ0n) is 20.0. The molecule has 0 saturated carbocycles. The molecular formula is C28H38Cl2SiTi-4. The molecular weight excluding hydrogens is 483 g/mol. The molecule has 0 unspecified atom stereocenters. The monoisotopic (exact) mass is 520 g/mol. The van der Waals surface area contributed by atoms with Crippen molar-refractivity contribution >= 4 is 54.0 Å². The van der Waals surface area contributed by atoms with E-state index in [0.717, 1.165) is 0 Å². The molecule has 0 heterocycles. The van der Waals surface area contributed by atoms with Gasteiger partial charge in [0, 0.05) is 0 Å². The number of halogens is 2. The van der Waals surface area contributed by atoms with Gasteiger partial charge in [-0.15, -0.1) is 106 Å². The summed E-state index contributed by atoms with van der Waals surface area (Å²) in [6.45, 7) is 4.48. The van der Waals surface area contributed by atoms with E-state index in [1.807, 2.05) is 0 Å². The standard InChI is InChI=1S/2C13H15.2CH3.2ClH.Si.Ti/c2*1-2-3-6-11-9-12-7-4-5-8-13(12)10-11;;;;;;/h2*4-5,7-10H,2-3,6H2,1H3;2*1H3;2*1H;;/q4*-1;;;;. The average molecular weight is 521 g/mol. The van der Waals surface area contributed by atoms with Crippen LogP contribution in [0.3, 0.4) is 0 Å². The number of fused-ring (bicyclic) bond motifs is 2. The zero-order valence-corrected chi connectivity index (χ0v) is 24.2. The predicted molar refractivity (Wildman–Crippen MR) is 149 cm³/mol. The summed E-state index contributed by atoms with van der Waals surface area (Å²) in [6.07, 6.45) is 7.62. The second kappa shape index (κ2) is 20.8. The van der Waals surface area contributed by atoms with Crippen molar-refractivity contribution < 1.29 is 19.2 Å². The number of unbranched alkanes of at least 4 members (excludes halogenated alkanes) is 2. The van der Waals surface area contributed by atoms with Crippen molar-refractivity contribution in [2.24, 2.45) is 0 Å². The minimum atomic E-state index is 0. The topological polar surface area (TPSA) is 0 Å². The van der Waals surface area contributed by atoms with Crippen molar-refractivity contribution in [2.45, 2.75) is 52.4 Å². The summed E-state index contributed by atoms with van der Waals surface area (Å²) < 4.78 is 0. The van der Waals surface area contributed by atoms with Crippen LogP contribution < -0.4 is 0 Å². The number of hydrogen-bond donors (Lipinski definition) is 0. The first-order chi connectivity index (χ1) is 13.8. The molecule has 4 aromatic carbocycles. The van der Waals surface area contributed by atoms with Crippen LogP contribution in [0.25, 0.3) is 21.5 Å². The number of rotatable bonds is 6. The van der Waals surface area contributed by atoms with Gasteiger partial charge in [0.05, 0.1) is 0 Å². The molecule has 4 aromatic rings. The summed E-state index contributed by atoms with van der Waals surface area (Å²) >= 11 is 1.81. The molecule has 32 heavy (non-hydrogen) atoms. The van der Waals surface area contributed by atoms with E-state index in [2.05, 4.69) is 94.3 Å². The van der Waals surface area contributed by atoms with Crippen LogP contribution in [0.2, 0.25) is 0 Å². The second-order valence-electron chi connectivity index (χ2n) is 7.19. The SMILES string of the molecule is CCCCc1cc2ccccc2[cH-]1.CCCCc1cc2ccccc2[cH-]1.Cl.Cl.[CH3-].[CH3-].[Si]=[Ti]. The molecule has 0 nitrogen and oxygen atoms in total. The van der Waals surface area contributed by atoms with Crippen LogP contribution in [0, 0.1) is 14.9 Å². The fourth-order valence-corrected chi connectivity index (χ4v) is 3.48. The molecule has 0 N–H and O–H groups in total. The average Bonchev–Trinajstić information content (AvgIpc) is 3.35. The molecule has 0 aliphatic rings. The van der Waals surface area contributed by atoms with Gasteiger partial charge in [-0.2, -0.15) is 12.1 Å². The van der Waals surface area contributed by atoms with E-state index in [1.54, 1.807) is 19.2 Å². The third-order valence-electron chi connectivity index (χ3n) is 4.99. The Hall–Kier alpha value is -0.829. The molecule has 0 aliphatic carbocycles. The van der Waals surface area contributed by atoms with Gasteiger partial charge in [0.25, 0.3) is 0 Å². The van der Waals surface area contributed by atoms with Crippen molar-refractivity contribution in [1.29, 1.82) is 0 Å². The summed E-state index contributed by atoms with van der Waals surface area (Å²) in [4.78, 5) is 0. The normalized spacial score (nSPS) is 8.91. The maximum absolute atomic E-state index is 2.97. The fraction of sp³-hybridized carbons (Fsp3) is 0.286. The Morgan fingerprint density at radius 3 is 1.31 bits per heavy atom. The van der Waals surface area contributed by atoms with Gasteiger partial charge < -0.3 is 14.9 Å². The van der Waals surface area contributed by atoms with Crippen LogP contribution >= 0.6 is 24.8 Å². The molecule has 0 spiro atoms. The van der Waals surface area contributed by atoms with Crippen LogP contribution in [0.4, 0.5) is 0 Å². The molecule has 176 valence electrons. The van der Waals surface area contributed by atoms with Gasteiger partial charge in [0.1, 0.15) is 0 Å². The van der Waals surface area contributed by atoms with Gasteiger partial charge in [0.15, 0.2) is 0 Å². The van der Waals surface area contributed by atoms with Crippen molar-refractivity contribution in [3.63, 3.8) is 0 Å². The van der Waals surface area contributed by atoms with Gasteiger partial charge in [-0.3, -0.25) is 0 Å². The van der Waals surface area contributed by atoms with E-state index in [-0.39, 0.29) is 39.7 Å². The van der Waals surface area contributed by atoms with Crippen LogP contribution in [0.5, 0.6) is 0 Å². The Morgan fingerprint density at radius 2 is 1.00 bits per heavy atom. The number of hydrogen-bond acceptors (Lipinski definition) is 0. The third-order valence-corrected chi connectivity index (χ3v) is 4.99. The van der Waals surface area contributed by atoms with Crippen molar-refractivity contribution in [2.75, 3.05) is 0 Å². The Kier molecular flexibility index (Phi) is 23.2. The molecule has 0 fully saturated rings. The summed E-state index contributed by atoms with van der Waals surface area (Å²) in [6, 6.07) is 26.4. The van der Waals surface area contributed by atoms with Gasteiger partial charge in [-0.1, -0.05) is 51.7 Å². The first-order valence-electron chi connectivity index (χ1n) is 10.3. The first-order valence-corrected chi connectivity index (χ1v) is 13.2. The van der Waals surface area contributed by atoms with Crippen LogP contribution in [-0.4, -0.2) is 7.63 Å². The molecule has 2 radical (unpaired) electrons. The van der Waals surface area contributed by atoms with E-state index in [1.165, 1.54) is 71.2 Å². The zero-order chi connectivity index (χ0) is 20.2. The van der Waals surface area contributed by atoms with Gasteiger partial charge >= 0.3 is 26.8 Å². The van der Waals surface area contributed by atoms with Crippen molar-refractivity contribution in [3.8, 4) is 0 Å². The van der Waals surface area contributed by atoms with Gasteiger partial charge in [0.2, 0.25) is 0 Å². The van der Waals surface area contributed by atoms with Gasteiger partial charge in [-0.25, -0.2) is 0 Å². The fourth-order valence-electron chi connectivity index (χ4n) is 3.48. The Morgan fingerprint density at radius 1 is 0.656 bits per heavy atom. The number of aryl methyl sites for hydroxylation is 2. The first kappa shape index (κ1) is 35.8. The summed E-state index contributed by atoms with van der Waals surface area (Å²) in [5, 5.41) is 5.53. The molecule has 0 atom stereocenters. The Bertz CT molecular complexity index is 814. The third kappa shape index (κ3) is 11.3. The van der Waals surface area contributed by atoms with E-state index in [4.69, 9.17) is 0 Å². The summed E-state index contributed by atoms with van der Waals surface area (Å²) in [5.41, 5.74) is 2.98.